The summed E-state index contributed by atoms with van der Waals surface area (Å²) >= 11 is 0. The molecule has 114 valence electrons. The number of nitrogens with one attached hydrogen (secondary N) is 1. The summed E-state index contributed by atoms with van der Waals surface area (Å²) in [6.07, 6.45) is 3.59. The van der Waals surface area contributed by atoms with Crippen molar-refractivity contribution in [1.29, 1.82) is 0 Å². The van der Waals surface area contributed by atoms with Crippen LogP contribution in [0.4, 0.5) is 0 Å². The Labute approximate surface area is 122 Å². The summed E-state index contributed by atoms with van der Waals surface area (Å²) < 4.78 is 5.40. The molecule has 1 aliphatic heterocycles. The SMILES string of the molecule is CCCN(Cc1noc(C(C)(C)C)n1)C1CCNCC1. The minimum atomic E-state index is -0.0738. The lowest BCUT2D eigenvalue weighted by Crippen LogP contribution is -2.43. The molecule has 1 N–H and O–H groups in total. The van der Waals surface area contributed by atoms with Crippen LogP contribution in [0.2, 0.25) is 0 Å². The molecule has 0 unspecified atom stereocenters. The Morgan fingerprint density at radius 3 is 2.55 bits per heavy atom. The van der Waals surface area contributed by atoms with E-state index in [0.717, 1.165) is 44.3 Å². The first-order valence-electron chi connectivity index (χ1n) is 7.78. The lowest BCUT2D eigenvalue weighted by Gasteiger charge is -2.33. The van der Waals surface area contributed by atoms with E-state index < -0.39 is 0 Å². The summed E-state index contributed by atoms with van der Waals surface area (Å²) in [5.74, 6) is 1.55. The average Bonchev–Trinajstić information content (AvgIpc) is 2.88. The van der Waals surface area contributed by atoms with Gasteiger partial charge in [-0.1, -0.05) is 32.9 Å². The van der Waals surface area contributed by atoms with Crippen LogP contribution in [0.25, 0.3) is 0 Å². The van der Waals surface area contributed by atoms with Crippen LogP contribution in [-0.2, 0) is 12.0 Å². The van der Waals surface area contributed by atoms with Crippen molar-refractivity contribution in [2.75, 3.05) is 19.6 Å². The molecule has 1 fully saturated rings. The van der Waals surface area contributed by atoms with Gasteiger partial charge in [-0.15, -0.1) is 0 Å². The first kappa shape index (κ1) is 15.4. The lowest BCUT2D eigenvalue weighted by molar-refractivity contribution is 0.149. The molecular weight excluding hydrogens is 252 g/mol. The van der Waals surface area contributed by atoms with Gasteiger partial charge in [0.1, 0.15) is 0 Å². The van der Waals surface area contributed by atoms with Gasteiger partial charge in [-0.3, -0.25) is 4.90 Å². The van der Waals surface area contributed by atoms with Gasteiger partial charge in [0.25, 0.3) is 0 Å². The second kappa shape index (κ2) is 6.68. The van der Waals surface area contributed by atoms with E-state index in [1.165, 1.54) is 12.8 Å². The number of hydrogen-bond donors (Lipinski definition) is 1. The molecule has 0 aromatic carbocycles. The highest BCUT2D eigenvalue weighted by molar-refractivity contribution is 4.98. The summed E-state index contributed by atoms with van der Waals surface area (Å²) in [6.45, 7) is 12.7. The normalized spacial score (nSPS) is 17.9. The molecule has 5 heteroatoms. The number of nitrogens with zero attached hydrogens (tertiary/aromatic N) is 3. The third-order valence-electron chi connectivity index (χ3n) is 3.79. The Balaban J connectivity index is 2.01. The fourth-order valence-corrected chi connectivity index (χ4v) is 2.65. The molecule has 0 saturated carbocycles. The molecule has 1 saturated heterocycles. The van der Waals surface area contributed by atoms with E-state index in [4.69, 9.17) is 4.52 Å². The van der Waals surface area contributed by atoms with Crippen molar-refractivity contribution in [3.63, 3.8) is 0 Å². The average molecular weight is 280 g/mol. The second-order valence-electron chi connectivity index (χ2n) is 6.72. The largest absolute Gasteiger partial charge is 0.339 e. The number of aromatic nitrogens is 2. The molecule has 0 bridgehead atoms. The van der Waals surface area contributed by atoms with Gasteiger partial charge in [-0.25, -0.2) is 0 Å². The molecule has 5 nitrogen and oxygen atoms in total. The molecule has 0 atom stereocenters. The van der Waals surface area contributed by atoms with Gasteiger partial charge in [0.2, 0.25) is 5.89 Å². The zero-order valence-electron chi connectivity index (χ0n) is 13.3. The zero-order chi connectivity index (χ0) is 14.6. The summed E-state index contributed by atoms with van der Waals surface area (Å²) in [6, 6.07) is 0.646. The van der Waals surface area contributed by atoms with E-state index in [1.807, 2.05) is 0 Å². The predicted octanol–water partition coefficient (Wildman–Crippen LogP) is 2.33. The summed E-state index contributed by atoms with van der Waals surface area (Å²) in [5, 5.41) is 7.58. The lowest BCUT2D eigenvalue weighted by atomic mass is 9.97. The molecule has 20 heavy (non-hydrogen) atoms. The molecule has 2 heterocycles. The van der Waals surface area contributed by atoms with Gasteiger partial charge < -0.3 is 9.84 Å². The van der Waals surface area contributed by atoms with Gasteiger partial charge in [-0.05, 0) is 38.9 Å². The van der Waals surface area contributed by atoms with E-state index in [-0.39, 0.29) is 5.41 Å². The number of piperidine rings is 1. The summed E-state index contributed by atoms with van der Waals surface area (Å²) in [5.41, 5.74) is -0.0738. The van der Waals surface area contributed by atoms with Crippen LogP contribution in [0.15, 0.2) is 4.52 Å². The molecule has 1 aliphatic rings. The Hall–Kier alpha value is -0.940. The maximum Gasteiger partial charge on any atom is 0.232 e. The molecule has 1 aromatic rings. The molecular formula is C15H28N4O. The maximum atomic E-state index is 5.40. The van der Waals surface area contributed by atoms with E-state index in [2.05, 4.69) is 48.1 Å². The third-order valence-corrected chi connectivity index (χ3v) is 3.79. The molecule has 0 radical (unpaired) electrons. The number of hydrogen-bond acceptors (Lipinski definition) is 5. The standard InChI is InChI=1S/C15H28N4O/c1-5-10-19(12-6-8-16-9-7-12)11-13-17-14(20-18-13)15(2,3)4/h12,16H,5-11H2,1-4H3. The van der Waals surface area contributed by atoms with E-state index in [0.29, 0.717) is 6.04 Å². The maximum absolute atomic E-state index is 5.40. The van der Waals surface area contributed by atoms with Crippen LogP contribution in [0.3, 0.4) is 0 Å². The Kier molecular flexibility index (Phi) is 5.16. The number of rotatable bonds is 5. The first-order chi connectivity index (χ1) is 9.50. The van der Waals surface area contributed by atoms with Gasteiger partial charge in [0, 0.05) is 11.5 Å². The van der Waals surface area contributed by atoms with Crippen molar-refractivity contribution in [3.8, 4) is 0 Å². The Morgan fingerprint density at radius 2 is 2.00 bits per heavy atom. The summed E-state index contributed by atoms with van der Waals surface area (Å²) in [4.78, 5) is 7.08. The van der Waals surface area contributed by atoms with Crippen molar-refractivity contribution in [2.45, 2.75) is 65.0 Å². The van der Waals surface area contributed by atoms with Gasteiger partial charge in [0.05, 0.1) is 6.54 Å². The fourth-order valence-electron chi connectivity index (χ4n) is 2.65. The molecule has 0 amide bonds. The highest BCUT2D eigenvalue weighted by Crippen LogP contribution is 2.21. The van der Waals surface area contributed by atoms with Crippen LogP contribution in [0.5, 0.6) is 0 Å². The molecule has 1 aromatic heterocycles. The van der Waals surface area contributed by atoms with Crippen molar-refractivity contribution in [1.82, 2.24) is 20.4 Å². The van der Waals surface area contributed by atoms with E-state index in [1.54, 1.807) is 0 Å². The minimum Gasteiger partial charge on any atom is -0.339 e. The van der Waals surface area contributed by atoms with Crippen LogP contribution in [0, 0.1) is 0 Å². The van der Waals surface area contributed by atoms with Crippen LogP contribution >= 0.6 is 0 Å². The van der Waals surface area contributed by atoms with Gasteiger partial charge in [0.15, 0.2) is 5.82 Å². The van der Waals surface area contributed by atoms with Crippen molar-refractivity contribution >= 4 is 0 Å². The van der Waals surface area contributed by atoms with Crippen LogP contribution < -0.4 is 5.32 Å². The highest BCUT2D eigenvalue weighted by Gasteiger charge is 2.25. The Morgan fingerprint density at radius 1 is 1.30 bits per heavy atom. The van der Waals surface area contributed by atoms with Crippen molar-refractivity contribution < 1.29 is 4.52 Å². The smallest absolute Gasteiger partial charge is 0.232 e. The minimum absolute atomic E-state index is 0.0738. The van der Waals surface area contributed by atoms with E-state index >= 15 is 0 Å². The van der Waals surface area contributed by atoms with Gasteiger partial charge in [-0.2, -0.15) is 4.98 Å². The van der Waals surface area contributed by atoms with Crippen molar-refractivity contribution in [2.24, 2.45) is 0 Å². The summed E-state index contributed by atoms with van der Waals surface area (Å²) in [7, 11) is 0. The zero-order valence-corrected chi connectivity index (χ0v) is 13.3. The first-order valence-corrected chi connectivity index (χ1v) is 7.78. The fraction of sp³-hybridized carbons (Fsp3) is 0.867. The third kappa shape index (κ3) is 4.03. The molecule has 0 aliphatic carbocycles. The Bertz CT molecular complexity index is 404. The topological polar surface area (TPSA) is 54.2 Å². The van der Waals surface area contributed by atoms with Crippen LogP contribution in [-0.4, -0.2) is 40.7 Å². The van der Waals surface area contributed by atoms with E-state index in [9.17, 15) is 0 Å². The van der Waals surface area contributed by atoms with Crippen molar-refractivity contribution in [3.05, 3.63) is 11.7 Å². The quantitative estimate of drug-likeness (QED) is 0.897. The second-order valence-corrected chi connectivity index (χ2v) is 6.72. The monoisotopic (exact) mass is 280 g/mol. The van der Waals surface area contributed by atoms with Crippen LogP contribution in [0.1, 0.15) is 58.7 Å². The predicted molar refractivity (Wildman–Crippen MR) is 79.6 cm³/mol. The molecule has 0 spiro atoms. The molecule has 2 rings (SSSR count). The highest BCUT2D eigenvalue weighted by atomic mass is 16.5. The van der Waals surface area contributed by atoms with Gasteiger partial charge >= 0.3 is 0 Å².